The van der Waals surface area contributed by atoms with Crippen molar-refractivity contribution < 1.29 is 25.9 Å². The number of hydrogen-bond acceptors (Lipinski definition) is 9. The van der Waals surface area contributed by atoms with Gasteiger partial charge in [0.2, 0.25) is 0 Å². The molecule has 0 spiro atoms. The van der Waals surface area contributed by atoms with Crippen LogP contribution < -0.4 is 0 Å². The van der Waals surface area contributed by atoms with E-state index >= 15 is 0 Å². The van der Waals surface area contributed by atoms with Gasteiger partial charge in [-0.3, -0.25) is 9.11 Å². The maximum absolute atomic E-state index is 10.5. The van der Waals surface area contributed by atoms with E-state index in [4.69, 9.17) is 9.11 Å². The zero-order chi connectivity index (χ0) is 14.5. The molecule has 8 nitrogen and oxygen atoms in total. The molecule has 13 heteroatoms. The minimum atomic E-state index is -3.98. The van der Waals surface area contributed by atoms with Crippen molar-refractivity contribution in [1.29, 1.82) is 0 Å². The fourth-order valence-corrected chi connectivity index (χ4v) is 5.60. The lowest BCUT2D eigenvalue weighted by Crippen LogP contribution is -2.05. The molecule has 1 aromatic rings. The molecule has 110 valence electrons. The Morgan fingerprint density at radius 2 is 1.26 bits per heavy atom. The molecule has 0 radical (unpaired) electrons. The van der Waals surface area contributed by atoms with Crippen LogP contribution in [-0.4, -0.2) is 59.1 Å². The van der Waals surface area contributed by atoms with E-state index in [0.29, 0.717) is 8.68 Å². The summed E-state index contributed by atoms with van der Waals surface area (Å²) in [5, 5.41) is 7.55. The van der Waals surface area contributed by atoms with Crippen molar-refractivity contribution in [3.05, 3.63) is 0 Å². The van der Waals surface area contributed by atoms with Crippen molar-refractivity contribution in [3.8, 4) is 0 Å². The number of rotatable bonds is 8. The molecule has 2 N–H and O–H groups in total. The molecule has 0 saturated heterocycles. The molecule has 0 aromatic carbocycles. The minimum absolute atomic E-state index is 0.156. The third kappa shape index (κ3) is 8.78. The van der Waals surface area contributed by atoms with E-state index in [1.165, 1.54) is 11.3 Å². The summed E-state index contributed by atoms with van der Waals surface area (Å²) in [6.45, 7) is 0. The summed E-state index contributed by atoms with van der Waals surface area (Å²) in [7, 11) is -7.96. The minimum Gasteiger partial charge on any atom is -0.286 e. The van der Waals surface area contributed by atoms with Crippen LogP contribution in [0, 0.1) is 0 Å². The molecule has 0 saturated carbocycles. The van der Waals surface area contributed by atoms with Crippen LogP contribution in [0.3, 0.4) is 0 Å². The predicted octanol–water partition coefficient (Wildman–Crippen LogP) is 0.498. The third-order valence-electron chi connectivity index (χ3n) is 1.52. The second-order valence-electron chi connectivity index (χ2n) is 3.10. The van der Waals surface area contributed by atoms with Crippen LogP contribution in [0.5, 0.6) is 0 Å². The van der Waals surface area contributed by atoms with E-state index in [0.717, 1.165) is 23.5 Å². The van der Waals surface area contributed by atoms with Crippen LogP contribution in [0.1, 0.15) is 0 Å². The lowest BCUT2D eigenvalue weighted by atomic mass is 11.0. The van der Waals surface area contributed by atoms with Crippen LogP contribution in [-0.2, 0) is 20.2 Å². The van der Waals surface area contributed by atoms with E-state index in [2.05, 4.69) is 10.2 Å². The monoisotopic (exact) mass is 366 g/mol. The Bertz CT molecular complexity index is 555. The summed E-state index contributed by atoms with van der Waals surface area (Å²) in [5.41, 5.74) is 0. The van der Waals surface area contributed by atoms with Crippen LogP contribution in [0.4, 0.5) is 0 Å². The third-order valence-corrected chi connectivity index (χ3v) is 6.67. The fraction of sp³-hybridized carbons (Fsp3) is 0.667. The molecule has 0 aliphatic carbocycles. The van der Waals surface area contributed by atoms with Gasteiger partial charge in [-0.05, 0) is 0 Å². The molecule has 0 amide bonds. The van der Waals surface area contributed by atoms with Gasteiger partial charge in [-0.15, -0.1) is 10.2 Å². The zero-order valence-corrected chi connectivity index (χ0v) is 13.4. The highest BCUT2D eigenvalue weighted by atomic mass is 32.2. The smallest absolute Gasteiger partial charge is 0.265 e. The average molecular weight is 366 g/mol. The first kappa shape index (κ1) is 17.1. The van der Waals surface area contributed by atoms with Crippen molar-refractivity contribution in [3.63, 3.8) is 0 Å². The molecule has 0 bridgehead atoms. The highest BCUT2D eigenvalue weighted by molar-refractivity contribution is 8.04. The first-order valence-corrected chi connectivity index (χ1v) is 10.7. The van der Waals surface area contributed by atoms with Crippen LogP contribution in [0.15, 0.2) is 8.68 Å². The van der Waals surface area contributed by atoms with Gasteiger partial charge < -0.3 is 0 Å². The topological polar surface area (TPSA) is 135 Å². The molecular weight excluding hydrogens is 356 g/mol. The van der Waals surface area contributed by atoms with Gasteiger partial charge in [0.1, 0.15) is 0 Å². The Morgan fingerprint density at radius 3 is 1.58 bits per heavy atom. The summed E-state index contributed by atoms with van der Waals surface area (Å²) in [4.78, 5) is 0. The second kappa shape index (κ2) is 7.19. The first-order valence-electron chi connectivity index (χ1n) is 4.65. The van der Waals surface area contributed by atoms with Gasteiger partial charge in [-0.2, -0.15) is 16.8 Å². The van der Waals surface area contributed by atoms with Gasteiger partial charge >= 0.3 is 0 Å². The van der Waals surface area contributed by atoms with Crippen LogP contribution >= 0.6 is 34.9 Å². The summed E-state index contributed by atoms with van der Waals surface area (Å²) in [5.74, 6) is -0.433. The van der Waals surface area contributed by atoms with E-state index in [1.807, 2.05) is 0 Å². The lowest BCUT2D eigenvalue weighted by molar-refractivity contribution is 0.483. The molecule has 1 heterocycles. The average Bonchev–Trinajstić information content (AvgIpc) is 2.62. The second-order valence-corrected chi connectivity index (χ2v) is 9.91. The molecule has 0 fully saturated rings. The van der Waals surface area contributed by atoms with Crippen molar-refractivity contribution in [2.24, 2.45) is 0 Å². The summed E-state index contributed by atoms with van der Waals surface area (Å²) >= 11 is 3.45. The highest BCUT2D eigenvalue weighted by Crippen LogP contribution is 2.28. The van der Waals surface area contributed by atoms with Crippen molar-refractivity contribution in [2.75, 3.05) is 23.0 Å². The molecule has 1 rings (SSSR count). The molecule has 0 aliphatic heterocycles. The fourth-order valence-electron chi connectivity index (χ4n) is 0.782. The standard InChI is InChI=1S/C6H10N2O6S5/c9-18(10,11)3-1-15-5-7-8-6(17-5)16-2-4-19(12,13)14/h1-4H2,(H,9,10,11)(H,12,13,14). The van der Waals surface area contributed by atoms with E-state index in [1.54, 1.807) is 0 Å². The van der Waals surface area contributed by atoms with E-state index < -0.39 is 20.2 Å². The lowest BCUT2D eigenvalue weighted by Gasteiger charge is -1.94. The first-order chi connectivity index (χ1) is 8.66. The van der Waals surface area contributed by atoms with Gasteiger partial charge in [0.15, 0.2) is 8.68 Å². The Labute approximate surface area is 122 Å². The van der Waals surface area contributed by atoms with Gasteiger partial charge in [0.05, 0.1) is 11.5 Å². The quantitative estimate of drug-likeness (QED) is 0.494. The Morgan fingerprint density at radius 1 is 0.895 bits per heavy atom. The maximum Gasteiger partial charge on any atom is 0.265 e. The van der Waals surface area contributed by atoms with E-state index in [-0.39, 0.29) is 23.0 Å². The number of nitrogens with zero attached hydrogens (tertiary/aromatic N) is 2. The molecule has 0 atom stereocenters. The van der Waals surface area contributed by atoms with Crippen LogP contribution in [0.2, 0.25) is 0 Å². The van der Waals surface area contributed by atoms with E-state index in [9.17, 15) is 16.8 Å². The van der Waals surface area contributed by atoms with Gasteiger partial charge in [-0.25, -0.2) is 0 Å². The summed E-state index contributed by atoms with van der Waals surface area (Å²) < 4.78 is 60.1. The molecule has 19 heavy (non-hydrogen) atoms. The summed E-state index contributed by atoms with van der Waals surface area (Å²) in [6, 6.07) is 0. The maximum atomic E-state index is 10.5. The van der Waals surface area contributed by atoms with Gasteiger partial charge in [0, 0.05) is 11.5 Å². The van der Waals surface area contributed by atoms with Crippen LogP contribution in [0.25, 0.3) is 0 Å². The predicted molar refractivity (Wildman–Crippen MR) is 74.2 cm³/mol. The Balaban J connectivity index is 2.36. The zero-order valence-electron chi connectivity index (χ0n) is 9.29. The number of hydrogen-bond donors (Lipinski definition) is 2. The summed E-state index contributed by atoms with van der Waals surface area (Å²) in [6.07, 6.45) is 0. The largest absolute Gasteiger partial charge is 0.286 e. The number of aromatic nitrogens is 2. The normalized spacial score (nSPS) is 12.7. The molecule has 1 aromatic heterocycles. The van der Waals surface area contributed by atoms with Gasteiger partial charge in [-0.1, -0.05) is 34.9 Å². The van der Waals surface area contributed by atoms with Gasteiger partial charge in [0.25, 0.3) is 20.2 Å². The van der Waals surface area contributed by atoms with Crippen molar-refractivity contribution in [2.45, 2.75) is 8.68 Å². The SMILES string of the molecule is O=S(=O)(O)CCSc1nnc(SCCS(=O)(=O)O)s1. The molecule has 0 unspecified atom stereocenters. The Hall–Kier alpha value is 0.0800. The Kier molecular flexibility index (Phi) is 6.49. The highest BCUT2D eigenvalue weighted by Gasteiger charge is 2.10. The van der Waals surface area contributed by atoms with Crippen molar-refractivity contribution in [1.82, 2.24) is 10.2 Å². The molecule has 0 aliphatic rings. The van der Waals surface area contributed by atoms with Crippen molar-refractivity contribution >= 4 is 55.1 Å². The number of thioether (sulfide) groups is 2. The molecular formula is C6H10N2O6S5.